The Morgan fingerprint density at radius 3 is 2.60 bits per heavy atom. The van der Waals surface area contributed by atoms with Gasteiger partial charge in [-0.1, -0.05) is 0 Å². The first kappa shape index (κ1) is 9.09. The van der Waals surface area contributed by atoms with Gasteiger partial charge in [0.1, 0.15) is 23.2 Å². The molecule has 0 aliphatic rings. The first-order valence-corrected chi connectivity index (χ1v) is 3.92. The fourth-order valence-electron chi connectivity index (χ4n) is 0.352. The molecule has 0 radical (unpaired) electrons. The second kappa shape index (κ2) is 3.99. The van der Waals surface area contributed by atoms with Crippen LogP contribution >= 0.6 is 0 Å². The summed E-state index contributed by atoms with van der Waals surface area (Å²) >= 11 is 0. The number of aliphatic carboxylic acids is 1. The van der Waals surface area contributed by atoms with Gasteiger partial charge in [-0.05, 0) is 0 Å². The van der Waals surface area contributed by atoms with E-state index in [9.17, 15) is 9.00 Å². The van der Waals surface area contributed by atoms with Crippen LogP contribution in [0.4, 0.5) is 0 Å². The number of nitrogens with two attached hydrogens (primary N) is 1. The molecule has 6 heteroatoms. The van der Waals surface area contributed by atoms with E-state index >= 15 is 0 Å². The maximum absolute atomic E-state index is 10.3. The number of nitrogens with zero attached hydrogens (tertiary/aromatic N) is 1. The second-order valence-corrected chi connectivity index (χ2v) is 2.61. The van der Waals surface area contributed by atoms with Gasteiger partial charge in [0.05, 0.1) is 0 Å². The highest BCUT2D eigenvalue weighted by atomic mass is 32.2. The molecule has 0 rings (SSSR count). The monoisotopic (exact) mass is 164 g/mol. The lowest BCUT2D eigenvalue weighted by atomic mass is 10.4. The topological polar surface area (TPSA) is 92.8 Å². The summed E-state index contributed by atoms with van der Waals surface area (Å²) in [5, 5.41) is 8.14. The van der Waals surface area contributed by atoms with Gasteiger partial charge in [-0.15, -0.1) is 0 Å². The summed E-state index contributed by atoms with van der Waals surface area (Å²) in [4.78, 5) is 9.93. The zero-order chi connectivity index (χ0) is 8.15. The van der Waals surface area contributed by atoms with Crippen molar-refractivity contribution in [3.8, 4) is 0 Å². The molecule has 0 aromatic carbocycles. The van der Waals surface area contributed by atoms with Crippen molar-refractivity contribution in [3.63, 3.8) is 0 Å². The van der Waals surface area contributed by atoms with Crippen molar-refractivity contribution in [1.82, 2.24) is 0 Å². The Balaban J connectivity index is 3.95. The Morgan fingerprint density at radius 1 is 1.80 bits per heavy atom. The van der Waals surface area contributed by atoms with E-state index in [-0.39, 0.29) is 12.3 Å². The Bertz CT molecular complexity index is 189. The van der Waals surface area contributed by atoms with E-state index in [0.29, 0.717) is 0 Å². The minimum Gasteiger partial charge on any atom is -0.481 e. The number of carboxylic acids is 1. The number of hydrogen-bond acceptors (Lipinski definition) is 2. The summed E-state index contributed by atoms with van der Waals surface area (Å²) in [6.07, 6.45) is 0.953. The van der Waals surface area contributed by atoms with Crippen LogP contribution < -0.4 is 5.73 Å². The molecule has 0 bridgehead atoms. The average Bonchev–Trinajstić information content (AvgIpc) is 1.58. The summed E-state index contributed by atoms with van der Waals surface area (Å²) < 4.78 is 13.6. The maximum atomic E-state index is 10.3. The van der Waals surface area contributed by atoms with Crippen LogP contribution in [0, 0.1) is 0 Å². The molecule has 0 saturated heterocycles. The van der Waals surface area contributed by atoms with Crippen LogP contribution in [0.1, 0.15) is 6.42 Å². The number of rotatable bonds is 3. The Hall–Kier alpha value is -0.910. The molecule has 0 aromatic heterocycles. The van der Waals surface area contributed by atoms with Crippen molar-refractivity contribution in [2.75, 3.05) is 6.26 Å². The van der Waals surface area contributed by atoms with Crippen LogP contribution in [0.15, 0.2) is 4.40 Å². The van der Waals surface area contributed by atoms with E-state index in [2.05, 4.69) is 4.40 Å². The molecule has 0 fully saturated rings. The molecule has 0 aromatic rings. The molecule has 3 N–H and O–H groups in total. The van der Waals surface area contributed by atoms with Crippen LogP contribution in [0.5, 0.6) is 0 Å². The average molecular weight is 164 g/mol. The standard InChI is InChI=1S/C4H8N2O3S/c1-10(9)6-3(5)2-4(7)8/h2H2,1H3,(H2,5,6)(H,7,8). The third-order valence-electron chi connectivity index (χ3n) is 0.578. The summed E-state index contributed by atoms with van der Waals surface area (Å²) in [7, 11) is -1.41. The minimum absolute atomic E-state index is 0.117. The normalized spacial score (nSPS) is 14.7. The van der Waals surface area contributed by atoms with Crippen molar-refractivity contribution >= 4 is 22.8 Å². The molecule has 10 heavy (non-hydrogen) atoms. The molecule has 1 unspecified atom stereocenters. The quantitative estimate of drug-likeness (QED) is 0.418. The van der Waals surface area contributed by atoms with Crippen molar-refractivity contribution in [2.45, 2.75) is 6.42 Å². The molecule has 0 spiro atoms. The molecule has 5 nitrogen and oxygen atoms in total. The largest absolute Gasteiger partial charge is 0.481 e. The number of amidine groups is 1. The molecule has 0 saturated carbocycles. The number of hydrogen-bond donors (Lipinski definition) is 2. The molecular weight excluding hydrogens is 156 g/mol. The van der Waals surface area contributed by atoms with Gasteiger partial charge in [-0.2, -0.15) is 4.40 Å². The second-order valence-electron chi connectivity index (χ2n) is 1.58. The zero-order valence-electron chi connectivity index (χ0n) is 5.40. The molecule has 0 aliphatic heterocycles. The van der Waals surface area contributed by atoms with Crippen LogP contribution in [0.3, 0.4) is 0 Å². The number of carbonyl (C=O) groups is 1. The minimum atomic E-state index is -1.41. The third-order valence-corrected chi connectivity index (χ3v) is 1.07. The van der Waals surface area contributed by atoms with E-state index in [0.717, 1.165) is 0 Å². The van der Waals surface area contributed by atoms with Gasteiger partial charge >= 0.3 is 5.97 Å². The third kappa shape index (κ3) is 5.23. The van der Waals surface area contributed by atoms with Crippen LogP contribution in [-0.4, -0.2) is 27.4 Å². The Labute approximate surface area is 60.5 Å². The highest BCUT2D eigenvalue weighted by Crippen LogP contribution is 1.83. The number of carboxylic acid groups (broad SMARTS) is 1. The highest BCUT2D eigenvalue weighted by molar-refractivity contribution is 7.83. The van der Waals surface area contributed by atoms with Crippen molar-refractivity contribution < 1.29 is 14.1 Å². The molecular formula is C4H8N2O3S. The molecule has 0 aliphatic carbocycles. The summed E-state index contributed by atoms with van der Waals surface area (Å²) in [6, 6.07) is 0. The van der Waals surface area contributed by atoms with Gasteiger partial charge in [0.2, 0.25) is 0 Å². The first-order valence-electron chi connectivity index (χ1n) is 2.40. The molecule has 0 amide bonds. The van der Waals surface area contributed by atoms with Crippen molar-refractivity contribution in [3.05, 3.63) is 0 Å². The van der Waals surface area contributed by atoms with E-state index in [1.54, 1.807) is 0 Å². The molecule has 0 heterocycles. The summed E-state index contributed by atoms with van der Waals surface area (Å²) in [5.41, 5.74) is 5.05. The van der Waals surface area contributed by atoms with E-state index in [4.69, 9.17) is 10.8 Å². The summed E-state index contributed by atoms with van der Waals surface area (Å²) in [5.74, 6) is -1.19. The van der Waals surface area contributed by atoms with Gasteiger partial charge in [0.25, 0.3) is 0 Å². The fourth-order valence-corrected chi connectivity index (χ4v) is 0.747. The van der Waals surface area contributed by atoms with Crippen LogP contribution in [0.2, 0.25) is 0 Å². The maximum Gasteiger partial charge on any atom is 0.311 e. The van der Waals surface area contributed by atoms with Gasteiger partial charge in [0, 0.05) is 6.26 Å². The first-order chi connectivity index (χ1) is 4.52. The smallest absolute Gasteiger partial charge is 0.311 e. The lowest BCUT2D eigenvalue weighted by Gasteiger charge is -1.91. The molecule has 58 valence electrons. The van der Waals surface area contributed by atoms with Crippen molar-refractivity contribution in [2.24, 2.45) is 10.1 Å². The Morgan fingerprint density at radius 2 is 2.30 bits per heavy atom. The van der Waals surface area contributed by atoms with Gasteiger partial charge in [-0.25, -0.2) is 4.21 Å². The predicted octanol–water partition coefficient (Wildman–Crippen LogP) is -0.888. The lowest BCUT2D eigenvalue weighted by Crippen LogP contribution is -2.17. The van der Waals surface area contributed by atoms with E-state index in [1.165, 1.54) is 6.26 Å². The van der Waals surface area contributed by atoms with Crippen molar-refractivity contribution in [1.29, 1.82) is 0 Å². The zero-order valence-corrected chi connectivity index (χ0v) is 6.22. The lowest BCUT2D eigenvalue weighted by molar-refractivity contribution is -0.135. The fraction of sp³-hybridized carbons (Fsp3) is 0.500. The Kier molecular flexibility index (Phi) is 3.63. The van der Waals surface area contributed by atoms with Gasteiger partial charge in [0.15, 0.2) is 0 Å². The highest BCUT2D eigenvalue weighted by Gasteiger charge is 2.00. The van der Waals surface area contributed by atoms with E-state index < -0.39 is 17.0 Å². The SMILES string of the molecule is CS(=O)N=C(N)CC(=O)O. The summed E-state index contributed by atoms with van der Waals surface area (Å²) in [6.45, 7) is 0. The molecule has 1 atom stereocenters. The van der Waals surface area contributed by atoms with Gasteiger partial charge in [-0.3, -0.25) is 4.79 Å². The van der Waals surface area contributed by atoms with Crippen LogP contribution in [-0.2, 0) is 15.8 Å². The van der Waals surface area contributed by atoms with E-state index in [1.807, 2.05) is 0 Å². The predicted molar refractivity (Wildman–Crippen MR) is 37.9 cm³/mol. The van der Waals surface area contributed by atoms with Gasteiger partial charge < -0.3 is 10.8 Å². The van der Waals surface area contributed by atoms with Crippen LogP contribution in [0.25, 0.3) is 0 Å².